The van der Waals surface area contributed by atoms with Crippen LogP contribution in [0.2, 0.25) is 0 Å². The largest absolute Gasteiger partial charge is 0.383 e. The molecular formula is C16H29N5O3. The third kappa shape index (κ3) is 4.87. The average Bonchev–Trinajstić information content (AvgIpc) is 2.45. The van der Waals surface area contributed by atoms with Gasteiger partial charge in [-0.1, -0.05) is 27.2 Å². The molecule has 0 saturated carbocycles. The van der Waals surface area contributed by atoms with Crippen LogP contribution >= 0.6 is 0 Å². The van der Waals surface area contributed by atoms with Gasteiger partial charge in [0.25, 0.3) is 5.56 Å². The Morgan fingerprint density at radius 3 is 2.42 bits per heavy atom. The monoisotopic (exact) mass is 339 g/mol. The average molecular weight is 339 g/mol. The van der Waals surface area contributed by atoms with Crippen LogP contribution in [0.3, 0.4) is 0 Å². The molecule has 1 aromatic rings. The number of H-pyrrole nitrogens is 1. The number of nitrogens with one attached hydrogen (secondary N) is 1. The van der Waals surface area contributed by atoms with Gasteiger partial charge in [-0.25, -0.2) is 4.79 Å². The van der Waals surface area contributed by atoms with Gasteiger partial charge in [-0.05, 0) is 12.3 Å². The summed E-state index contributed by atoms with van der Waals surface area (Å²) in [6, 6.07) is 0. The summed E-state index contributed by atoms with van der Waals surface area (Å²) in [4.78, 5) is 41.9. The second kappa shape index (κ2) is 8.56. The number of nitrogens with two attached hydrogens (primary N) is 1. The molecule has 0 unspecified atom stereocenters. The lowest BCUT2D eigenvalue weighted by molar-refractivity contribution is -0.127. The molecular weight excluding hydrogens is 310 g/mol. The van der Waals surface area contributed by atoms with Gasteiger partial charge in [-0.15, -0.1) is 0 Å². The normalized spacial score (nSPS) is 10.9. The Morgan fingerprint density at radius 2 is 1.92 bits per heavy atom. The molecule has 0 aromatic carbocycles. The van der Waals surface area contributed by atoms with Crippen molar-refractivity contribution in [3.8, 4) is 0 Å². The molecule has 0 atom stereocenters. The van der Waals surface area contributed by atoms with E-state index in [1.54, 1.807) is 19.0 Å². The summed E-state index contributed by atoms with van der Waals surface area (Å²) in [5.41, 5.74) is 5.25. The molecule has 0 radical (unpaired) electrons. The van der Waals surface area contributed by atoms with Gasteiger partial charge in [0.05, 0.1) is 6.54 Å². The highest BCUT2D eigenvalue weighted by atomic mass is 16.2. The first-order chi connectivity index (χ1) is 11.2. The quantitative estimate of drug-likeness (QED) is 0.716. The van der Waals surface area contributed by atoms with Crippen LogP contribution in [0.4, 0.5) is 11.5 Å². The summed E-state index contributed by atoms with van der Waals surface area (Å²) in [5, 5.41) is 0. The minimum atomic E-state index is -0.558. The number of nitrogens with zero attached hydrogens (tertiary/aromatic N) is 3. The maximum absolute atomic E-state index is 12.3. The second-order valence-corrected chi connectivity index (χ2v) is 6.56. The summed E-state index contributed by atoms with van der Waals surface area (Å²) in [7, 11) is 3.32. The molecule has 0 aliphatic rings. The van der Waals surface area contributed by atoms with E-state index in [9.17, 15) is 14.4 Å². The summed E-state index contributed by atoms with van der Waals surface area (Å²) in [5.74, 6) is 0.194. The summed E-state index contributed by atoms with van der Waals surface area (Å²) in [6.45, 7) is 6.94. The van der Waals surface area contributed by atoms with Crippen molar-refractivity contribution in [1.82, 2.24) is 14.5 Å². The number of carbonyl (C=O) groups is 1. The molecule has 24 heavy (non-hydrogen) atoms. The van der Waals surface area contributed by atoms with E-state index in [1.165, 1.54) is 9.47 Å². The molecule has 1 rings (SSSR count). The predicted molar refractivity (Wildman–Crippen MR) is 96.4 cm³/mol. The first-order valence-electron chi connectivity index (χ1n) is 8.26. The van der Waals surface area contributed by atoms with E-state index in [2.05, 4.69) is 4.98 Å². The summed E-state index contributed by atoms with van der Waals surface area (Å²) >= 11 is 0. The van der Waals surface area contributed by atoms with Crippen molar-refractivity contribution in [2.75, 3.05) is 37.8 Å². The molecule has 0 aliphatic heterocycles. The van der Waals surface area contributed by atoms with E-state index in [-0.39, 0.29) is 29.9 Å². The van der Waals surface area contributed by atoms with Crippen LogP contribution in [-0.4, -0.2) is 47.5 Å². The lowest BCUT2D eigenvalue weighted by atomic mass is 10.2. The van der Waals surface area contributed by atoms with Crippen LogP contribution in [-0.2, 0) is 11.3 Å². The Balaban J connectivity index is 3.37. The van der Waals surface area contributed by atoms with E-state index in [4.69, 9.17) is 5.73 Å². The SMILES string of the molecule is CCCCn1c(N)c(N(CC(=O)N(C)C)CC(C)C)c(=O)[nH]c1=O. The third-order valence-corrected chi connectivity index (χ3v) is 3.68. The van der Waals surface area contributed by atoms with Crippen molar-refractivity contribution < 1.29 is 4.79 Å². The molecule has 0 saturated heterocycles. The van der Waals surface area contributed by atoms with Crippen LogP contribution in [0.1, 0.15) is 33.6 Å². The van der Waals surface area contributed by atoms with Crippen molar-refractivity contribution in [2.45, 2.75) is 40.2 Å². The third-order valence-electron chi connectivity index (χ3n) is 3.68. The zero-order valence-corrected chi connectivity index (χ0v) is 15.3. The number of likely N-dealkylation sites (N-methyl/N-ethyl adjacent to an activating group) is 1. The van der Waals surface area contributed by atoms with Gasteiger partial charge >= 0.3 is 5.69 Å². The van der Waals surface area contributed by atoms with E-state index >= 15 is 0 Å². The molecule has 0 bridgehead atoms. The minimum Gasteiger partial charge on any atom is -0.383 e. The van der Waals surface area contributed by atoms with Crippen molar-refractivity contribution in [1.29, 1.82) is 0 Å². The highest BCUT2D eigenvalue weighted by molar-refractivity contribution is 5.82. The van der Waals surface area contributed by atoms with Crippen LogP contribution in [0, 0.1) is 5.92 Å². The number of carbonyl (C=O) groups excluding carboxylic acids is 1. The smallest absolute Gasteiger partial charge is 0.330 e. The summed E-state index contributed by atoms with van der Waals surface area (Å²) in [6.07, 6.45) is 1.67. The first kappa shape index (κ1) is 19.8. The fourth-order valence-electron chi connectivity index (χ4n) is 2.40. The lowest BCUT2D eigenvalue weighted by Gasteiger charge is -2.28. The number of aromatic amines is 1. The molecule has 8 nitrogen and oxygen atoms in total. The van der Waals surface area contributed by atoms with Gasteiger partial charge in [0, 0.05) is 27.2 Å². The number of aromatic nitrogens is 2. The maximum Gasteiger partial charge on any atom is 0.330 e. The number of rotatable bonds is 8. The van der Waals surface area contributed by atoms with Gasteiger partial charge in [0.15, 0.2) is 0 Å². The lowest BCUT2D eigenvalue weighted by Crippen LogP contribution is -2.44. The molecule has 0 aliphatic carbocycles. The van der Waals surface area contributed by atoms with E-state index in [0.29, 0.717) is 13.1 Å². The van der Waals surface area contributed by atoms with Gasteiger partial charge < -0.3 is 15.5 Å². The van der Waals surface area contributed by atoms with Crippen molar-refractivity contribution >= 4 is 17.4 Å². The van der Waals surface area contributed by atoms with Crippen LogP contribution in [0.5, 0.6) is 0 Å². The number of anilines is 2. The van der Waals surface area contributed by atoms with Crippen molar-refractivity contribution in [2.24, 2.45) is 5.92 Å². The number of unbranched alkanes of at least 4 members (excludes halogenated alkanes) is 1. The molecule has 8 heteroatoms. The molecule has 0 fully saturated rings. The zero-order chi connectivity index (χ0) is 18.4. The van der Waals surface area contributed by atoms with Crippen molar-refractivity contribution in [3.05, 3.63) is 20.8 Å². The standard InChI is InChI=1S/C16H29N5O3/c1-6-7-8-21-14(17)13(15(23)18-16(21)24)20(9-11(2)3)10-12(22)19(4)5/h11H,6-10,17H2,1-5H3,(H,18,23,24). The molecule has 0 spiro atoms. The maximum atomic E-state index is 12.3. The van der Waals surface area contributed by atoms with Gasteiger partial charge in [0.2, 0.25) is 5.91 Å². The first-order valence-corrected chi connectivity index (χ1v) is 8.26. The van der Waals surface area contributed by atoms with Gasteiger partial charge in [0.1, 0.15) is 11.5 Å². The molecule has 3 N–H and O–H groups in total. The highest BCUT2D eigenvalue weighted by Gasteiger charge is 2.22. The number of hydrogen-bond acceptors (Lipinski definition) is 5. The zero-order valence-electron chi connectivity index (χ0n) is 15.3. The fraction of sp³-hybridized carbons (Fsp3) is 0.688. The molecule has 1 aromatic heterocycles. The highest BCUT2D eigenvalue weighted by Crippen LogP contribution is 2.18. The Labute approximate surface area is 142 Å². The van der Waals surface area contributed by atoms with Gasteiger partial charge in [-0.2, -0.15) is 0 Å². The Kier molecular flexibility index (Phi) is 7.06. The predicted octanol–water partition coefficient (Wildman–Crippen LogP) is 0.470. The number of hydrogen-bond donors (Lipinski definition) is 2. The molecule has 1 heterocycles. The van der Waals surface area contributed by atoms with Crippen LogP contribution in [0.25, 0.3) is 0 Å². The summed E-state index contributed by atoms with van der Waals surface area (Å²) < 4.78 is 1.37. The second-order valence-electron chi connectivity index (χ2n) is 6.56. The number of nitrogen functional groups attached to an aromatic ring is 1. The topological polar surface area (TPSA) is 104 Å². The number of amides is 1. The van der Waals surface area contributed by atoms with E-state index in [0.717, 1.165) is 12.8 Å². The van der Waals surface area contributed by atoms with Gasteiger partial charge in [-0.3, -0.25) is 19.1 Å². The Hall–Kier alpha value is -2.25. The molecule has 1 amide bonds. The van der Waals surface area contributed by atoms with Crippen LogP contribution in [0.15, 0.2) is 9.59 Å². The fourth-order valence-corrected chi connectivity index (χ4v) is 2.40. The van der Waals surface area contributed by atoms with Crippen LogP contribution < -0.4 is 21.9 Å². The minimum absolute atomic E-state index is 0.0322. The van der Waals surface area contributed by atoms with E-state index < -0.39 is 11.2 Å². The Bertz CT molecular complexity index is 675. The molecule has 136 valence electrons. The van der Waals surface area contributed by atoms with E-state index in [1.807, 2.05) is 20.8 Å². The van der Waals surface area contributed by atoms with Crippen molar-refractivity contribution in [3.63, 3.8) is 0 Å². The Morgan fingerprint density at radius 1 is 1.29 bits per heavy atom.